The van der Waals surface area contributed by atoms with Gasteiger partial charge >= 0.3 is 5.97 Å². The Kier molecular flexibility index (Phi) is 4.96. The number of nitrogens with zero attached hydrogens (tertiary/aromatic N) is 4. The predicted molar refractivity (Wildman–Crippen MR) is 137 cm³/mol. The van der Waals surface area contributed by atoms with Crippen LogP contribution in [-0.4, -0.2) is 29.8 Å². The number of fused-ring (bicyclic) bond motifs is 2. The number of carbonyl (C=O) groups is 1. The van der Waals surface area contributed by atoms with E-state index >= 15 is 0 Å². The molecule has 3 aromatic carbocycles. The number of aliphatic imine (C=N–C) groups is 1. The number of para-hydroxylation sites is 1. The molecule has 4 aromatic rings. The topological polar surface area (TPSA) is 57.5 Å². The smallest absolute Gasteiger partial charge is 0.376 e. The number of anilines is 1. The maximum Gasteiger partial charge on any atom is 0.376 e. The summed E-state index contributed by atoms with van der Waals surface area (Å²) in [6.07, 6.45) is 2.09. The van der Waals surface area contributed by atoms with Crippen molar-refractivity contribution in [3.05, 3.63) is 107 Å². The molecule has 2 aliphatic heterocycles. The van der Waals surface area contributed by atoms with Gasteiger partial charge in [-0.3, -0.25) is 4.90 Å². The van der Waals surface area contributed by atoms with E-state index < -0.39 is 5.97 Å². The van der Waals surface area contributed by atoms with Crippen molar-refractivity contribution >= 4 is 51.3 Å². The molecule has 3 heterocycles. The first-order chi connectivity index (χ1) is 16.7. The summed E-state index contributed by atoms with van der Waals surface area (Å²) >= 11 is 1.63. The summed E-state index contributed by atoms with van der Waals surface area (Å²) < 4.78 is 5.08. The van der Waals surface area contributed by atoms with Crippen LogP contribution in [0.4, 0.5) is 5.69 Å². The lowest BCUT2D eigenvalue weighted by Crippen LogP contribution is -2.44. The third-order valence-electron chi connectivity index (χ3n) is 5.89. The van der Waals surface area contributed by atoms with E-state index in [1.165, 1.54) is 12.5 Å². The highest BCUT2D eigenvalue weighted by Gasteiger charge is 2.43. The minimum atomic E-state index is -0.504. The van der Waals surface area contributed by atoms with Gasteiger partial charge in [0.25, 0.3) is 0 Å². The number of hydrazone groups is 1. The fourth-order valence-electron chi connectivity index (χ4n) is 4.26. The van der Waals surface area contributed by atoms with E-state index in [-0.39, 0.29) is 11.9 Å². The summed E-state index contributed by atoms with van der Waals surface area (Å²) in [6.45, 7) is 0. The van der Waals surface area contributed by atoms with Crippen molar-refractivity contribution in [2.45, 2.75) is 6.04 Å². The van der Waals surface area contributed by atoms with Crippen LogP contribution < -0.4 is 5.01 Å². The van der Waals surface area contributed by atoms with Crippen LogP contribution in [0.15, 0.2) is 106 Å². The summed E-state index contributed by atoms with van der Waals surface area (Å²) in [6, 6.07) is 28.1. The molecule has 1 atom stereocenters. The number of methoxy groups -OCH3 is 1. The number of hydrogen-bond donors (Lipinski definition) is 0. The second-order valence-electron chi connectivity index (χ2n) is 7.92. The second-order valence-corrected chi connectivity index (χ2v) is 8.90. The lowest BCUT2D eigenvalue weighted by Gasteiger charge is -2.31. The van der Waals surface area contributed by atoms with Crippen LogP contribution in [0.5, 0.6) is 0 Å². The molecule has 7 heteroatoms. The van der Waals surface area contributed by atoms with E-state index in [9.17, 15) is 4.79 Å². The monoisotopic (exact) mass is 464 g/mol. The highest BCUT2D eigenvalue weighted by atomic mass is 32.1. The molecule has 0 N–H and O–H groups in total. The van der Waals surface area contributed by atoms with Gasteiger partial charge in [0, 0.05) is 10.4 Å². The summed E-state index contributed by atoms with van der Waals surface area (Å²) in [5, 5.41) is 10.7. The molecule has 0 saturated carbocycles. The van der Waals surface area contributed by atoms with Gasteiger partial charge < -0.3 is 4.74 Å². The Hall–Kier alpha value is -4.23. The summed E-state index contributed by atoms with van der Waals surface area (Å²) in [4.78, 5) is 20.7. The Morgan fingerprint density at radius 3 is 2.50 bits per heavy atom. The minimum Gasteiger partial charge on any atom is -0.463 e. The largest absolute Gasteiger partial charge is 0.463 e. The molecular formula is C27H20N4O2S. The van der Waals surface area contributed by atoms with E-state index in [0.29, 0.717) is 5.96 Å². The number of rotatable bonds is 4. The highest BCUT2D eigenvalue weighted by molar-refractivity contribution is 7.10. The molecule has 6 rings (SSSR count). The number of guanidine groups is 1. The average molecular weight is 465 g/mol. The van der Waals surface area contributed by atoms with Crippen molar-refractivity contribution in [1.82, 2.24) is 4.90 Å². The third kappa shape index (κ3) is 3.38. The van der Waals surface area contributed by atoms with Crippen LogP contribution in [0.25, 0.3) is 16.5 Å². The van der Waals surface area contributed by atoms with E-state index in [2.05, 4.69) is 47.6 Å². The van der Waals surface area contributed by atoms with Crippen molar-refractivity contribution in [3.63, 3.8) is 0 Å². The van der Waals surface area contributed by atoms with Gasteiger partial charge in [-0.25, -0.2) is 9.79 Å². The first-order valence-electron chi connectivity index (χ1n) is 10.9. The second kappa shape index (κ2) is 8.28. The van der Waals surface area contributed by atoms with Gasteiger partial charge in [0.05, 0.1) is 24.5 Å². The standard InChI is InChI=1S/C27H20N4O2S/c1-33-26(32)25-29-31(21-10-3-2-4-11-21)27-28-22(17-23(30(25)27)24-12-7-15-34-24)20-14-13-18-8-5-6-9-19(18)16-20/h2-17,23H,1H3. The average Bonchev–Trinajstić information content (AvgIpc) is 3.57. The SMILES string of the molecule is COC(=O)C1=NN(c2ccccc2)C2=NC(c3ccc4ccccc4c3)=CC(c3cccs3)N12. The molecule has 166 valence electrons. The third-order valence-corrected chi connectivity index (χ3v) is 6.83. The molecule has 0 aliphatic carbocycles. The molecule has 34 heavy (non-hydrogen) atoms. The summed E-state index contributed by atoms with van der Waals surface area (Å²) in [5.74, 6) is 0.267. The first kappa shape index (κ1) is 20.4. The van der Waals surface area contributed by atoms with Crippen molar-refractivity contribution in [3.8, 4) is 0 Å². The van der Waals surface area contributed by atoms with E-state index in [1.807, 2.05) is 58.8 Å². The summed E-state index contributed by atoms with van der Waals surface area (Å²) in [5.41, 5.74) is 2.65. The number of ether oxygens (including phenoxy) is 1. The van der Waals surface area contributed by atoms with Gasteiger partial charge in [0.15, 0.2) is 0 Å². The Balaban J connectivity index is 1.54. The van der Waals surface area contributed by atoms with Crippen LogP contribution in [0.1, 0.15) is 16.5 Å². The maximum absolute atomic E-state index is 12.8. The molecule has 0 amide bonds. The molecule has 0 saturated heterocycles. The number of carbonyl (C=O) groups excluding carboxylic acids is 1. The number of hydrogen-bond acceptors (Lipinski definition) is 7. The zero-order valence-corrected chi connectivity index (χ0v) is 19.1. The Morgan fingerprint density at radius 1 is 0.941 bits per heavy atom. The Morgan fingerprint density at radius 2 is 1.74 bits per heavy atom. The Labute approximate surface area is 200 Å². The molecular weight excluding hydrogens is 444 g/mol. The number of amidine groups is 1. The molecule has 2 aliphatic rings. The lowest BCUT2D eigenvalue weighted by atomic mass is 10.0. The van der Waals surface area contributed by atoms with Crippen molar-refractivity contribution in [2.75, 3.05) is 12.1 Å². The van der Waals surface area contributed by atoms with Crippen LogP contribution in [-0.2, 0) is 9.53 Å². The van der Waals surface area contributed by atoms with Crippen LogP contribution in [0.2, 0.25) is 0 Å². The molecule has 6 nitrogen and oxygen atoms in total. The van der Waals surface area contributed by atoms with Gasteiger partial charge in [0.1, 0.15) is 0 Å². The lowest BCUT2D eigenvalue weighted by molar-refractivity contribution is -0.133. The van der Waals surface area contributed by atoms with Crippen molar-refractivity contribution in [2.24, 2.45) is 10.1 Å². The zero-order chi connectivity index (χ0) is 23.1. The molecule has 0 bridgehead atoms. The normalized spacial score (nSPS) is 17.2. The quantitative estimate of drug-likeness (QED) is 0.366. The predicted octanol–water partition coefficient (Wildman–Crippen LogP) is 5.66. The van der Waals surface area contributed by atoms with Gasteiger partial charge in [-0.2, -0.15) is 5.01 Å². The van der Waals surface area contributed by atoms with Crippen LogP contribution in [0.3, 0.4) is 0 Å². The van der Waals surface area contributed by atoms with Gasteiger partial charge in [-0.1, -0.05) is 60.7 Å². The fourth-order valence-corrected chi connectivity index (χ4v) is 5.05. The Bertz CT molecular complexity index is 1480. The first-order valence-corrected chi connectivity index (χ1v) is 11.8. The van der Waals surface area contributed by atoms with E-state index in [4.69, 9.17) is 9.73 Å². The highest BCUT2D eigenvalue weighted by Crippen LogP contribution is 2.39. The zero-order valence-electron chi connectivity index (χ0n) is 18.3. The summed E-state index contributed by atoms with van der Waals surface area (Å²) in [7, 11) is 1.37. The molecule has 0 radical (unpaired) electrons. The maximum atomic E-state index is 12.8. The number of thiophene rings is 1. The van der Waals surface area contributed by atoms with E-state index in [1.54, 1.807) is 16.3 Å². The van der Waals surface area contributed by atoms with Crippen LogP contribution >= 0.6 is 11.3 Å². The molecule has 0 spiro atoms. The molecule has 0 fully saturated rings. The van der Waals surface area contributed by atoms with E-state index in [0.717, 1.165) is 27.2 Å². The van der Waals surface area contributed by atoms with Crippen LogP contribution in [0, 0.1) is 0 Å². The number of benzene rings is 3. The number of esters is 1. The van der Waals surface area contributed by atoms with Gasteiger partial charge in [-0.15, -0.1) is 16.4 Å². The molecule has 1 unspecified atom stereocenters. The van der Waals surface area contributed by atoms with Gasteiger partial charge in [0.2, 0.25) is 11.8 Å². The van der Waals surface area contributed by atoms with Gasteiger partial charge in [-0.05, 0) is 46.5 Å². The van der Waals surface area contributed by atoms with Crippen molar-refractivity contribution in [1.29, 1.82) is 0 Å². The van der Waals surface area contributed by atoms with Crippen molar-refractivity contribution < 1.29 is 9.53 Å². The minimum absolute atomic E-state index is 0.206. The molecule has 1 aromatic heterocycles. The fraction of sp³-hybridized carbons (Fsp3) is 0.0741.